The highest BCUT2D eigenvalue weighted by atomic mass is 16.5. The van der Waals surface area contributed by atoms with E-state index in [1.165, 1.54) is 0 Å². The number of ether oxygens (including phenoxy) is 1. The molecule has 0 aliphatic rings. The van der Waals surface area contributed by atoms with Crippen LogP contribution in [0.4, 0.5) is 0 Å². The summed E-state index contributed by atoms with van der Waals surface area (Å²) in [4.78, 5) is 23.7. The SMILES string of the molecule is COc1ccc(C)cc1-n1ccc(C(=O)NC(C)(CC(=O)O)C(C)C)n1. The van der Waals surface area contributed by atoms with Crippen LogP contribution in [0, 0.1) is 12.8 Å². The largest absolute Gasteiger partial charge is 0.494 e. The molecule has 140 valence electrons. The molecule has 1 aromatic carbocycles. The number of hydrogen-bond acceptors (Lipinski definition) is 4. The molecule has 1 aromatic heterocycles. The second-order valence-corrected chi connectivity index (χ2v) is 6.92. The number of aliphatic carboxylic acids is 1. The summed E-state index contributed by atoms with van der Waals surface area (Å²) in [5.41, 5.74) is 1.11. The summed E-state index contributed by atoms with van der Waals surface area (Å²) in [6.07, 6.45) is 1.51. The fourth-order valence-electron chi connectivity index (χ4n) is 2.59. The first-order chi connectivity index (χ1) is 12.2. The van der Waals surface area contributed by atoms with Crippen molar-refractivity contribution in [3.05, 3.63) is 41.7 Å². The zero-order valence-electron chi connectivity index (χ0n) is 15.7. The van der Waals surface area contributed by atoms with Crippen LogP contribution in [0.2, 0.25) is 0 Å². The average Bonchev–Trinajstić information content (AvgIpc) is 3.03. The summed E-state index contributed by atoms with van der Waals surface area (Å²) in [5, 5.41) is 16.3. The zero-order chi connectivity index (χ0) is 19.5. The van der Waals surface area contributed by atoms with Gasteiger partial charge in [0, 0.05) is 6.20 Å². The van der Waals surface area contributed by atoms with Crippen LogP contribution in [0.5, 0.6) is 5.75 Å². The number of carbonyl (C=O) groups is 2. The summed E-state index contributed by atoms with van der Waals surface area (Å²) in [6.45, 7) is 7.43. The summed E-state index contributed by atoms with van der Waals surface area (Å²) >= 11 is 0. The van der Waals surface area contributed by atoms with E-state index in [0.29, 0.717) is 5.75 Å². The number of nitrogens with one attached hydrogen (secondary N) is 1. The van der Waals surface area contributed by atoms with Crippen LogP contribution >= 0.6 is 0 Å². The van der Waals surface area contributed by atoms with Crippen molar-refractivity contribution in [3.8, 4) is 11.4 Å². The van der Waals surface area contributed by atoms with Gasteiger partial charge in [0.1, 0.15) is 11.4 Å². The molecule has 7 heteroatoms. The molecule has 2 N–H and O–H groups in total. The number of nitrogens with zero attached hydrogens (tertiary/aromatic N) is 2. The zero-order valence-corrected chi connectivity index (χ0v) is 15.7. The van der Waals surface area contributed by atoms with Gasteiger partial charge in [0.15, 0.2) is 5.69 Å². The van der Waals surface area contributed by atoms with E-state index in [4.69, 9.17) is 9.84 Å². The molecule has 0 radical (unpaired) electrons. The standard InChI is InChI=1S/C19H25N3O4/c1-12(2)19(4,11-17(23)24)20-18(25)14-8-9-22(21-14)15-10-13(3)6-7-16(15)26-5/h6-10,12H,11H2,1-5H3,(H,20,25)(H,23,24). The Morgan fingerprint density at radius 1 is 1.35 bits per heavy atom. The number of carboxylic acids is 1. The fraction of sp³-hybridized carbons (Fsp3) is 0.421. The lowest BCUT2D eigenvalue weighted by Gasteiger charge is -2.33. The van der Waals surface area contributed by atoms with Gasteiger partial charge in [-0.25, -0.2) is 4.68 Å². The van der Waals surface area contributed by atoms with E-state index in [2.05, 4.69) is 10.4 Å². The molecule has 1 heterocycles. The molecule has 1 amide bonds. The maximum atomic E-state index is 12.6. The van der Waals surface area contributed by atoms with E-state index in [1.807, 2.05) is 39.0 Å². The van der Waals surface area contributed by atoms with E-state index in [0.717, 1.165) is 11.3 Å². The highest BCUT2D eigenvalue weighted by Gasteiger charge is 2.33. The van der Waals surface area contributed by atoms with Crippen LogP contribution in [-0.4, -0.2) is 39.4 Å². The number of rotatable bonds is 7. The van der Waals surface area contributed by atoms with Crippen LogP contribution in [0.25, 0.3) is 5.69 Å². The van der Waals surface area contributed by atoms with Crippen LogP contribution < -0.4 is 10.1 Å². The second-order valence-electron chi connectivity index (χ2n) is 6.92. The lowest BCUT2D eigenvalue weighted by Crippen LogP contribution is -2.51. The number of carbonyl (C=O) groups excluding carboxylic acids is 1. The number of hydrogen-bond donors (Lipinski definition) is 2. The Hall–Kier alpha value is -2.83. The number of aromatic nitrogens is 2. The van der Waals surface area contributed by atoms with Crippen LogP contribution in [-0.2, 0) is 4.79 Å². The molecule has 0 fully saturated rings. The topological polar surface area (TPSA) is 93.5 Å². The number of aryl methyl sites for hydroxylation is 1. The molecule has 7 nitrogen and oxygen atoms in total. The maximum absolute atomic E-state index is 12.6. The Balaban J connectivity index is 2.28. The monoisotopic (exact) mass is 359 g/mol. The fourth-order valence-corrected chi connectivity index (χ4v) is 2.59. The summed E-state index contributed by atoms with van der Waals surface area (Å²) in [7, 11) is 1.57. The van der Waals surface area contributed by atoms with Crippen LogP contribution in [0.3, 0.4) is 0 Å². The number of benzene rings is 1. The molecule has 0 saturated carbocycles. The molecular weight excluding hydrogens is 334 g/mol. The van der Waals surface area contributed by atoms with E-state index in [1.54, 1.807) is 31.0 Å². The van der Waals surface area contributed by atoms with E-state index < -0.39 is 17.4 Å². The van der Waals surface area contributed by atoms with Crippen molar-refractivity contribution < 1.29 is 19.4 Å². The van der Waals surface area contributed by atoms with Crippen LogP contribution in [0.15, 0.2) is 30.5 Å². The molecule has 26 heavy (non-hydrogen) atoms. The number of amides is 1. The minimum Gasteiger partial charge on any atom is -0.494 e. The lowest BCUT2D eigenvalue weighted by atomic mass is 9.85. The van der Waals surface area contributed by atoms with Crippen molar-refractivity contribution in [1.82, 2.24) is 15.1 Å². The van der Waals surface area contributed by atoms with Crippen molar-refractivity contribution in [2.45, 2.75) is 39.7 Å². The van der Waals surface area contributed by atoms with Crippen molar-refractivity contribution >= 4 is 11.9 Å². The molecule has 1 unspecified atom stereocenters. The Bertz CT molecular complexity index is 813. The van der Waals surface area contributed by atoms with Gasteiger partial charge in [0.05, 0.1) is 19.1 Å². The lowest BCUT2D eigenvalue weighted by molar-refractivity contribution is -0.138. The van der Waals surface area contributed by atoms with Gasteiger partial charge < -0.3 is 15.2 Å². The molecule has 0 bridgehead atoms. The highest BCUT2D eigenvalue weighted by molar-refractivity contribution is 5.93. The van der Waals surface area contributed by atoms with Gasteiger partial charge in [-0.2, -0.15) is 5.10 Å². The van der Waals surface area contributed by atoms with Gasteiger partial charge in [-0.3, -0.25) is 9.59 Å². The molecule has 2 aromatic rings. The van der Waals surface area contributed by atoms with Gasteiger partial charge in [0.2, 0.25) is 0 Å². The molecule has 0 aliphatic carbocycles. The third-order valence-electron chi connectivity index (χ3n) is 4.59. The summed E-state index contributed by atoms with van der Waals surface area (Å²) in [6, 6.07) is 7.28. The smallest absolute Gasteiger partial charge is 0.305 e. The molecule has 2 rings (SSSR count). The third-order valence-corrected chi connectivity index (χ3v) is 4.59. The van der Waals surface area contributed by atoms with Crippen molar-refractivity contribution in [3.63, 3.8) is 0 Å². The molecular formula is C19H25N3O4. The Morgan fingerprint density at radius 3 is 2.62 bits per heavy atom. The maximum Gasteiger partial charge on any atom is 0.305 e. The predicted octanol–water partition coefficient (Wildman–Crippen LogP) is 2.81. The normalized spacial score (nSPS) is 13.3. The van der Waals surface area contributed by atoms with Crippen molar-refractivity contribution in [2.75, 3.05) is 7.11 Å². The van der Waals surface area contributed by atoms with Crippen molar-refractivity contribution in [1.29, 1.82) is 0 Å². The highest BCUT2D eigenvalue weighted by Crippen LogP contribution is 2.24. The molecule has 1 atom stereocenters. The predicted molar refractivity (Wildman–Crippen MR) is 97.8 cm³/mol. The third kappa shape index (κ3) is 4.22. The van der Waals surface area contributed by atoms with Gasteiger partial charge in [0.25, 0.3) is 5.91 Å². The van der Waals surface area contributed by atoms with E-state index >= 15 is 0 Å². The van der Waals surface area contributed by atoms with Gasteiger partial charge in [-0.05, 0) is 43.5 Å². The van der Waals surface area contributed by atoms with Gasteiger partial charge in [-0.1, -0.05) is 19.9 Å². The minimum atomic E-state index is -0.962. The number of carboxylic acid groups (broad SMARTS) is 1. The minimum absolute atomic E-state index is 0.0542. The molecule has 0 saturated heterocycles. The Kier molecular flexibility index (Phi) is 5.69. The average molecular weight is 359 g/mol. The molecule has 0 aliphatic heterocycles. The summed E-state index contributed by atoms with van der Waals surface area (Å²) < 4.78 is 6.93. The molecule has 0 spiro atoms. The number of methoxy groups -OCH3 is 1. The van der Waals surface area contributed by atoms with Crippen LogP contribution in [0.1, 0.15) is 43.2 Å². The van der Waals surface area contributed by atoms with E-state index in [-0.39, 0.29) is 18.0 Å². The Labute approximate surface area is 153 Å². The first-order valence-corrected chi connectivity index (χ1v) is 8.41. The van der Waals surface area contributed by atoms with Gasteiger partial charge >= 0.3 is 5.97 Å². The Morgan fingerprint density at radius 2 is 2.04 bits per heavy atom. The second kappa shape index (κ2) is 7.59. The first kappa shape index (κ1) is 19.5. The quantitative estimate of drug-likeness (QED) is 0.793. The van der Waals surface area contributed by atoms with Gasteiger partial charge in [-0.15, -0.1) is 0 Å². The van der Waals surface area contributed by atoms with Crippen molar-refractivity contribution in [2.24, 2.45) is 5.92 Å². The first-order valence-electron chi connectivity index (χ1n) is 8.41. The summed E-state index contributed by atoms with van der Waals surface area (Å²) in [5.74, 6) is -0.783. The van der Waals surface area contributed by atoms with E-state index in [9.17, 15) is 9.59 Å².